The highest BCUT2D eigenvalue weighted by Crippen LogP contribution is 2.27. The number of hydrogen-bond acceptors (Lipinski definition) is 4. The zero-order chi connectivity index (χ0) is 17.7. The number of aryl methyl sites for hydroxylation is 1. The molecular formula is C18H29N3O2S. The normalized spacial score (nSPS) is 17.1. The predicted octanol–water partition coefficient (Wildman–Crippen LogP) is 2.86. The fraction of sp³-hybridized carbons (Fsp3) is 0.722. The Morgan fingerprint density at radius 3 is 2.62 bits per heavy atom. The van der Waals surface area contributed by atoms with Crippen molar-refractivity contribution in [3.8, 4) is 0 Å². The average molecular weight is 352 g/mol. The lowest BCUT2D eigenvalue weighted by atomic mass is 9.99. The van der Waals surface area contributed by atoms with E-state index in [9.17, 15) is 9.59 Å². The van der Waals surface area contributed by atoms with Gasteiger partial charge in [0.2, 0.25) is 5.91 Å². The third-order valence-electron chi connectivity index (χ3n) is 4.68. The number of hydrogen-bond donors (Lipinski definition) is 0. The Kier molecular flexibility index (Phi) is 6.90. The molecule has 1 aliphatic heterocycles. The monoisotopic (exact) mass is 351 g/mol. The van der Waals surface area contributed by atoms with E-state index >= 15 is 0 Å². The van der Waals surface area contributed by atoms with Gasteiger partial charge in [0.05, 0.1) is 5.25 Å². The van der Waals surface area contributed by atoms with Crippen LogP contribution in [0.1, 0.15) is 52.1 Å². The van der Waals surface area contributed by atoms with Crippen molar-refractivity contribution in [2.24, 2.45) is 13.0 Å². The van der Waals surface area contributed by atoms with Crippen molar-refractivity contribution in [2.75, 3.05) is 13.1 Å². The molecule has 5 nitrogen and oxygen atoms in total. The van der Waals surface area contributed by atoms with Gasteiger partial charge in [0.15, 0.2) is 5.16 Å². The number of thioether (sulfide) groups is 1. The van der Waals surface area contributed by atoms with E-state index in [1.54, 1.807) is 17.7 Å². The Labute approximate surface area is 148 Å². The fourth-order valence-corrected chi connectivity index (χ4v) is 4.18. The van der Waals surface area contributed by atoms with Gasteiger partial charge < -0.3 is 4.90 Å². The highest BCUT2D eigenvalue weighted by Gasteiger charge is 2.28. The van der Waals surface area contributed by atoms with Crippen molar-refractivity contribution in [2.45, 2.75) is 63.3 Å². The molecule has 1 aliphatic rings. The number of amides is 1. The first kappa shape index (κ1) is 19.0. The third-order valence-corrected chi connectivity index (χ3v) is 5.98. The molecule has 1 amide bonds. The smallest absolute Gasteiger partial charge is 0.254 e. The minimum absolute atomic E-state index is 0.0566. The number of aromatic nitrogens is 2. The number of piperidine rings is 1. The van der Waals surface area contributed by atoms with Gasteiger partial charge in [0.1, 0.15) is 0 Å². The van der Waals surface area contributed by atoms with Gasteiger partial charge in [-0.25, -0.2) is 4.98 Å². The highest BCUT2D eigenvalue weighted by atomic mass is 32.2. The Hall–Kier alpha value is -1.30. The van der Waals surface area contributed by atoms with Crippen LogP contribution in [0.25, 0.3) is 0 Å². The fourth-order valence-electron chi connectivity index (χ4n) is 2.91. The Bertz CT molecular complexity index is 621. The minimum Gasteiger partial charge on any atom is -0.342 e. The molecule has 0 N–H and O–H groups in total. The van der Waals surface area contributed by atoms with E-state index in [0.29, 0.717) is 11.1 Å². The van der Waals surface area contributed by atoms with E-state index < -0.39 is 0 Å². The molecule has 0 spiro atoms. The summed E-state index contributed by atoms with van der Waals surface area (Å²) in [7, 11) is 1.73. The van der Waals surface area contributed by atoms with Gasteiger partial charge in [-0.2, -0.15) is 0 Å². The van der Waals surface area contributed by atoms with Gasteiger partial charge >= 0.3 is 0 Å². The molecule has 2 rings (SSSR count). The van der Waals surface area contributed by atoms with Gasteiger partial charge in [-0.1, -0.05) is 39.0 Å². The van der Waals surface area contributed by atoms with Crippen LogP contribution in [0.4, 0.5) is 0 Å². The summed E-state index contributed by atoms with van der Waals surface area (Å²) in [6, 6.07) is 1.58. The summed E-state index contributed by atoms with van der Waals surface area (Å²) in [4.78, 5) is 31.6. The van der Waals surface area contributed by atoms with Crippen molar-refractivity contribution in [1.29, 1.82) is 0 Å². The molecule has 2 heterocycles. The second-order valence-corrected chi connectivity index (χ2v) is 7.85. The standard InChI is InChI=1S/C18H29N3O2S/c1-5-7-15(17(23)21-10-8-13(3)9-11-21)24-18-19-14(6-2)12-16(22)20(18)4/h12-13,15H,5-11H2,1-4H3. The molecule has 0 aromatic carbocycles. The lowest BCUT2D eigenvalue weighted by Gasteiger charge is -2.32. The van der Waals surface area contributed by atoms with E-state index in [-0.39, 0.29) is 16.7 Å². The maximum atomic E-state index is 12.9. The quantitative estimate of drug-likeness (QED) is 0.584. The van der Waals surface area contributed by atoms with E-state index in [0.717, 1.165) is 50.9 Å². The highest BCUT2D eigenvalue weighted by molar-refractivity contribution is 8.00. The third kappa shape index (κ3) is 4.62. The van der Waals surface area contributed by atoms with E-state index in [2.05, 4.69) is 18.8 Å². The molecule has 1 aromatic heterocycles. The SMILES string of the molecule is CCCC(Sc1nc(CC)cc(=O)n1C)C(=O)N1CCC(C)CC1. The summed E-state index contributed by atoms with van der Waals surface area (Å²) in [6.07, 6.45) is 4.63. The molecular weight excluding hydrogens is 322 g/mol. The number of carbonyl (C=O) groups is 1. The molecule has 134 valence electrons. The van der Waals surface area contributed by atoms with E-state index in [1.807, 2.05) is 11.8 Å². The van der Waals surface area contributed by atoms with Crippen molar-refractivity contribution < 1.29 is 4.79 Å². The van der Waals surface area contributed by atoms with E-state index in [1.165, 1.54) is 11.8 Å². The van der Waals surface area contributed by atoms with Gasteiger partial charge in [0, 0.05) is 31.9 Å². The van der Waals surface area contributed by atoms with Crippen molar-refractivity contribution >= 4 is 17.7 Å². The number of nitrogens with zero attached hydrogens (tertiary/aromatic N) is 3. The van der Waals surface area contributed by atoms with Gasteiger partial charge in [-0.3, -0.25) is 14.2 Å². The molecule has 0 radical (unpaired) electrons. The molecule has 0 bridgehead atoms. The zero-order valence-electron chi connectivity index (χ0n) is 15.2. The van der Waals surface area contributed by atoms with Crippen LogP contribution in [0.3, 0.4) is 0 Å². The van der Waals surface area contributed by atoms with Gasteiger partial charge in [-0.05, 0) is 31.6 Å². The van der Waals surface area contributed by atoms with E-state index in [4.69, 9.17) is 0 Å². The van der Waals surface area contributed by atoms with Crippen LogP contribution in [0.5, 0.6) is 0 Å². The van der Waals surface area contributed by atoms with Crippen molar-refractivity contribution in [3.05, 3.63) is 22.1 Å². The topological polar surface area (TPSA) is 55.2 Å². The van der Waals surface area contributed by atoms with Crippen LogP contribution in [0.15, 0.2) is 16.0 Å². The maximum Gasteiger partial charge on any atom is 0.254 e. The molecule has 1 saturated heterocycles. The summed E-state index contributed by atoms with van der Waals surface area (Å²) in [5.41, 5.74) is 0.730. The molecule has 0 saturated carbocycles. The van der Waals surface area contributed by atoms with Gasteiger partial charge in [0.25, 0.3) is 5.56 Å². The predicted molar refractivity (Wildman–Crippen MR) is 98.4 cm³/mol. The van der Waals surface area contributed by atoms with Crippen LogP contribution in [0, 0.1) is 5.92 Å². The summed E-state index contributed by atoms with van der Waals surface area (Å²) in [5.74, 6) is 0.903. The molecule has 24 heavy (non-hydrogen) atoms. The molecule has 1 aromatic rings. The molecule has 1 fully saturated rings. The summed E-state index contributed by atoms with van der Waals surface area (Å²) in [5, 5.41) is 0.491. The number of likely N-dealkylation sites (tertiary alicyclic amines) is 1. The first-order chi connectivity index (χ1) is 11.5. The number of rotatable bonds is 6. The minimum atomic E-state index is -0.159. The Morgan fingerprint density at radius 1 is 1.38 bits per heavy atom. The largest absolute Gasteiger partial charge is 0.342 e. The van der Waals surface area contributed by atoms with Crippen LogP contribution in [-0.2, 0) is 18.3 Å². The maximum absolute atomic E-state index is 12.9. The lowest BCUT2D eigenvalue weighted by molar-refractivity contribution is -0.132. The molecule has 1 atom stereocenters. The summed E-state index contributed by atoms with van der Waals surface area (Å²) in [6.45, 7) is 8.02. The van der Waals surface area contributed by atoms with Crippen LogP contribution in [-0.4, -0.2) is 38.7 Å². The molecule has 0 aliphatic carbocycles. The Balaban J connectivity index is 2.18. The number of carbonyl (C=O) groups excluding carboxylic acids is 1. The van der Waals surface area contributed by atoms with Crippen LogP contribution >= 0.6 is 11.8 Å². The Morgan fingerprint density at radius 2 is 2.04 bits per heavy atom. The summed E-state index contributed by atoms with van der Waals surface area (Å²) >= 11 is 1.45. The first-order valence-corrected chi connectivity index (χ1v) is 9.86. The average Bonchev–Trinajstić information content (AvgIpc) is 2.58. The molecule has 1 unspecified atom stereocenters. The van der Waals surface area contributed by atoms with Crippen molar-refractivity contribution in [1.82, 2.24) is 14.5 Å². The first-order valence-electron chi connectivity index (χ1n) is 8.98. The zero-order valence-corrected chi connectivity index (χ0v) is 16.1. The second kappa shape index (κ2) is 8.70. The van der Waals surface area contributed by atoms with Crippen LogP contribution in [0.2, 0.25) is 0 Å². The lowest BCUT2D eigenvalue weighted by Crippen LogP contribution is -2.42. The molecule has 6 heteroatoms. The van der Waals surface area contributed by atoms with Gasteiger partial charge in [-0.15, -0.1) is 0 Å². The van der Waals surface area contributed by atoms with Crippen LogP contribution < -0.4 is 5.56 Å². The second-order valence-electron chi connectivity index (χ2n) is 6.68. The van der Waals surface area contributed by atoms with Crippen molar-refractivity contribution in [3.63, 3.8) is 0 Å². The summed E-state index contributed by atoms with van der Waals surface area (Å²) < 4.78 is 1.55.